The lowest BCUT2D eigenvalue weighted by Gasteiger charge is -2.04. The van der Waals surface area contributed by atoms with Gasteiger partial charge in [-0.25, -0.2) is 4.79 Å². The molecular weight excluding hydrogens is 220 g/mol. The average Bonchev–Trinajstić information content (AvgIpc) is 2.28. The highest BCUT2D eigenvalue weighted by Gasteiger charge is 2.06. The fourth-order valence-electron chi connectivity index (χ4n) is 1.32. The van der Waals surface area contributed by atoms with Gasteiger partial charge in [0.1, 0.15) is 0 Å². The van der Waals surface area contributed by atoms with Gasteiger partial charge in [-0.3, -0.25) is 4.79 Å². The van der Waals surface area contributed by atoms with E-state index in [-0.39, 0.29) is 12.5 Å². The Hall–Kier alpha value is -2.04. The molecule has 92 valence electrons. The number of benzene rings is 1. The van der Waals surface area contributed by atoms with Crippen molar-refractivity contribution in [3.05, 3.63) is 29.8 Å². The minimum Gasteiger partial charge on any atom is -0.462 e. The smallest absolute Gasteiger partial charge is 0.338 e. The van der Waals surface area contributed by atoms with E-state index < -0.39 is 5.97 Å². The maximum atomic E-state index is 11.5. The van der Waals surface area contributed by atoms with Crippen LogP contribution in [0.4, 0.5) is 5.69 Å². The molecule has 5 heteroatoms. The molecule has 0 spiro atoms. The number of rotatable bonds is 6. The minimum atomic E-state index is -0.406. The lowest BCUT2D eigenvalue weighted by atomic mass is 10.2. The molecule has 5 nitrogen and oxygen atoms in total. The van der Waals surface area contributed by atoms with Gasteiger partial charge >= 0.3 is 5.97 Å². The number of carbonyl (C=O) groups excluding carboxylic acids is 2. The second kappa shape index (κ2) is 6.52. The fraction of sp³-hybridized carbons (Fsp3) is 0.333. The Morgan fingerprint density at radius 1 is 1.24 bits per heavy atom. The largest absolute Gasteiger partial charge is 0.462 e. The molecule has 0 bridgehead atoms. The Morgan fingerprint density at radius 3 is 2.65 bits per heavy atom. The molecular formula is C12H16N2O3. The molecule has 1 aromatic carbocycles. The molecule has 1 rings (SSSR count). The van der Waals surface area contributed by atoms with Gasteiger partial charge in [-0.1, -0.05) is 6.07 Å². The van der Waals surface area contributed by atoms with Crippen molar-refractivity contribution in [2.75, 3.05) is 12.3 Å². The van der Waals surface area contributed by atoms with E-state index in [1.54, 1.807) is 24.3 Å². The second-order valence-electron chi connectivity index (χ2n) is 3.68. The second-order valence-corrected chi connectivity index (χ2v) is 3.68. The molecule has 0 aliphatic carbocycles. The number of unbranched alkanes of at least 4 members (excludes halogenated alkanes) is 1. The Balaban J connectivity index is 2.28. The molecule has 1 amide bonds. The summed E-state index contributed by atoms with van der Waals surface area (Å²) in [6.07, 6.45) is 1.56. The maximum Gasteiger partial charge on any atom is 0.338 e. The summed E-state index contributed by atoms with van der Waals surface area (Å²) in [5, 5.41) is 0. The molecule has 0 aliphatic heterocycles. The first-order valence-electron chi connectivity index (χ1n) is 5.40. The van der Waals surface area contributed by atoms with Crippen LogP contribution in [0.5, 0.6) is 0 Å². The third-order valence-electron chi connectivity index (χ3n) is 2.17. The molecule has 0 saturated carbocycles. The standard InChI is InChI=1S/C12H16N2O3/c13-10-5-3-4-9(8-10)12(16)17-7-2-1-6-11(14)15/h3-5,8H,1-2,6-7,13H2,(H2,14,15). The summed E-state index contributed by atoms with van der Waals surface area (Å²) in [6.45, 7) is 0.279. The maximum absolute atomic E-state index is 11.5. The number of ether oxygens (including phenoxy) is 1. The summed E-state index contributed by atoms with van der Waals surface area (Å²) < 4.78 is 5.02. The number of hydrogen-bond donors (Lipinski definition) is 2. The first-order valence-corrected chi connectivity index (χ1v) is 5.40. The molecule has 0 saturated heterocycles. The van der Waals surface area contributed by atoms with Gasteiger partial charge in [-0.2, -0.15) is 0 Å². The molecule has 1 aromatic rings. The van der Waals surface area contributed by atoms with Gasteiger partial charge < -0.3 is 16.2 Å². The Morgan fingerprint density at radius 2 is 2.00 bits per heavy atom. The van der Waals surface area contributed by atoms with Crippen LogP contribution in [0.1, 0.15) is 29.6 Å². The quantitative estimate of drug-likeness (QED) is 0.439. The van der Waals surface area contributed by atoms with Crippen LogP contribution < -0.4 is 11.5 Å². The van der Waals surface area contributed by atoms with Crippen molar-refractivity contribution in [1.29, 1.82) is 0 Å². The van der Waals surface area contributed by atoms with Crippen LogP contribution in [0, 0.1) is 0 Å². The molecule has 0 atom stereocenters. The van der Waals surface area contributed by atoms with Crippen LogP contribution in [0.15, 0.2) is 24.3 Å². The van der Waals surface area contributed by atoms with Crippen molar-refractivity contribution in [2.24, 2.45) is 5.73 Å². The number of hydrogen-bond acceptors (Lipinski definition) is 4. The molecule has 0 radical (unpaired) electrons. The number of esters is 1. The number of amides is 1. The summed E-state index contributed by atoms with van der Waals surface area (Å²) in [5.74, 6) is -0.747. The molecule has 0 aliphatic rings. The lowest BCUT2D eigenvalue weighted by Crippen LogP contribution is -2.11. The van der Waals surface area contributed by atoms with Crippen molar-refractivity contribution in [3.8, 4) is 0 Å². The van der Waals surface area contributed by atoms with Crippen LogP contribution in [-0.2, 0) is 9.53 Å². The van der Waals surface area contributed by atoms with Crippen molar-refractivity contribution < 1.29 is 14.3 Å². The Labute approximate surface area is 99.7 Å². The predicted molar refractivity (Wildman–Crippen MR) is 64.2 cm³/mol. The highest BCUT2D eigenvalue weighted by atomic mass is 16.5. The summed E-state index contributed by atoms with van der Waals surface area (Å²) in [6, 6.07) is 6.59. The van der Waals surface area contributed by atoms with Gasteiger partial charge in [-0.05, 0) is 31.0 Å². The summed E-state index contributed by atoms with van der Waals surface area (Å²) in [7, 11) is 0. The van der Waals surface area contributed by atoms with Crippen molar-refractivity contribution >= 4 is 17.6 Å². The molecule has 0 aromatic heterocycles. The van der Waals surface area contributed by atoms with E-state index in [9.17, 15) is 9.59 Å². The number of nitrogens with two attached hydrogens (primary N) is 2. The Kier molecular flexibility index (Phi) is 5.00. The molecule has 4 N–H and O–H groups in total. The van der Waals surface area contributed by atoms with Crippen LogP contribution in [0.25, 0.3) is 0 Å². The molecule has 17 heavy (non-hydrogen) atoms. The zero-order chi connectivity index (χ0) is 12.7. The molecule has 0 heterocycles. The van der Waals surface area contributed by atoms with Crippen LogP contribution in [0.2, 0.25) is 0 Å². The number of carbonyl (C=O) groups is 2. The van der Waals surface area contributed by atoms with E-state index in [1.165, 1.54) is 0 Å². The first kappa shape index (κ1) is 13.0. The van der Waals surface area contributed by atoms with Crippen LogP contribution in [0.3, 0.4) is 0 Å². The third-order valence-corrected chi connectivity index (χ3v) is 2.17. The molecule has 0 unspecified atom stereocenters. The van der Waals surface area contributed by atoms with Crippen LogP contribution in [-0.4, -0.2) is 18.5 Å². The lowest BCUT2D eigenvalue weighted by molar-refractivity contribution is -0.118. The highest BCUT2D eigenvalue weighted by molar-refractivity contribution is 5.90. The van der Waals surface area contributed by atoms with Gasteiger partial charge in [0, 0.05) is 12.1 Å². The van der Waals surface area contributed by atoms with Crippen molar-refractivity contribution in [1.82, 2.24) is 0 Å². The summed E-state index contributed by atoms with van der Waals surface area (Å²) in [4.78, 5) is 22.0. The zero-order valence-corrected chi connectivity index (χ0v) is 9.52. The van der Waals surface area contributed by atoms with Gasteiger partial charge in [0.2, 0.25) is 5.91 Å². The summed E-state index contributed by atoms with van der Waals surface area (Å²) >= 11 is 0. The number of nitrogen functional groups attached to an aromatic ring is 1. The number of anilines is 1. The minimum absolute atomic E-state index is 0.279. The van der Waals surface area contributed by atoms with E-state index in [4.69, 9.17) is 16.2 Å². The number of primary amides is 1. The third kappa shape index (κ3) is 5.01. The first-order chi connectivity index (χ1) is 8.09. The van der Waals surface area contributed by atoms with Crippen molar-refractivity contribution in [3.63, 3.8) is 0 Å². The zero-order valence-electron chi connectivity index (χ0n) is 9.52. The highest BCUT2D eigenvalue weighted by Crippen LogP contribution is 2.08. The summed E-state index contributed by atoms with van der Waals surface area (Å²) in [5.41, 5.74) is 11.5. The monoisotopic (exact) mass is 236 g/mol. The van der Waals surface area contributed by atoms with E-state index in [1.807, 2.05) is 0 Å². The molecule has 0 fully saturated rings. The van der Waals surface area contributed by atoms with Gasteiger partial charge in [0.15, 0.2) is 0 Å². The Bertz CT molecular complexity index is 404. The van der Waals surface area contributed by atoms with E-state index in [0.717, 1.165) is 0 Å². The van der Waals surface area contributed by atoms with E-state index in [2.05, 4.69) is 0 Å². The average molecular weight is 236 g/mol. The van der Waals surface area contributed by atoms with Crippen molar-refractivity contribution in [2.45, 2.75) is 19.3 Å². The normalized spacial score (nSPS) is 9.88. The fourth-order valence-corrected chi connectivity index (χ4v) is 1.32. The SMILES string of the molecule is NC(=O)CCCCOC(=O)c1cccc(N)c1. The predicted octanol–water partition coefficient (Wildman–Crippen LogP) is 1.08. The van der Waals surface area contributed by atoms with Gasteiger partial charge in [0.05, 0.1) is 12.2 Å². The topological polar surface area (TPSA) is 95.4 Å². The van der Waals surface area contributed by atoms with E-state index >= 15 is 0 Å². The van der Waals surface area contributed by atoms with Crippen LogP contribution >= 0.6 is 0 Å². The van der Waals surface area contributed by atoms with Gasteiger partial charge in [-0.15, -0.1) is 0 Å². The van der Waals surface area contributed by atoms with Gasteiger partial charge in [0.25, 0.3) is 0 Å². The van der Waals surface area contributed by atoms with E-state index in [0.29, 0.717) is 30.5 Å².